The van der Waals surface area contributed by atoms with Gasteiger partial charge in [-0.1, -0.05) is 30.3 Å². The van der Waals surface area contributed by atoms with Gasteiger partial charge in [-0.2, -0.15) is 0 Å². The van der Waals surface area contributed by atoms with Crippen molar-refractivity contribution in [3.8, 4) is 0 Å². The maximum Gasteiger partial charge on any atom is 0.285 e. The average Bonchev–Trinajstić information content (AvgIpc) is 3.11. The first-order valence-electron chi connectivity index (χ1n) is 8.64. The minimum atomic E-state index is -0.203. The minimum Gasteiger partial charge on any atom is -0.369 e. The van der Waals surface area contributed by atoms with Crippen LogP contribution in [0.15, 0.2) is 30.3 Å². The van der Waals surface area contributed by atoms with Gasteiger partial charge in [0.05, 0.1) is 13.1 Å². The maximum atomic E-state index is 13.1. The van der Waals surface area contributed by atoms with Crippen molar-refractivity contribution >= 4 is 11.8 Å². The molecule has 5 heteroatoms. The molecule has 5 nitrogen and oxygen atoms in total. The van der Waals surface area contributed by atoms with E-state index in [-0.39, 0.29) is 23.8 Å². The highest BCUT2D eigenvalue weighted by Crippen LogP contribution is 2.19. The third-order valence-corrected chi connectivity index (χ3v) is 5.24. The largest absolute Gasteiger partial charge is 0.369 e. The predicted octanol–water partition coefficient (Wildman–Crippen LogP) is 0.130. The number of benzene rings is 1. The number of rotatable bonds is 4. The van der Waals surface area contributed by atoms with Crippen molar-refractivity contribution in [3.05, 3.63) is 35.9 Å². The van der Waals surface area contributed by atoms with Gasteiger partial charge in [0.25, 0.3) is 5.91 Å². The van der Waals surface area contributed by atoms with E-state index in [4.69, 9.17) is 5.73 Å². The number of nitrogens with two attached hydrogens (primary N) is 1. The SMILES string of the molecule is NC(=O)C1CC[NH+]([C@@H](C(=O)N2CCCC2)c2ccccc2)CC1. The second-order valence-electron chi connectivity index (χ2n) is 6.71. The number of quaternary nitrogens is 1. The smallest absolute Gasteiger partial charge is 0.285 e. The van der Waals surface area contributed by atoms with Crippen LogP contribution >= 0.6 is 0 Å². The van der Waals surface area contributed by atoms with Crippen LogP contribution in [0.3, 0.4) is 0 Å². The first-order valence-corrected chi connectivity index (χ1v) is 8.64. The summed E-state index contributed by atoms with van der Waals surface area (Å²) in [6.45, 7) is 3.40. The quantitative estimate of drug-likeness (QED) is 0.829. The fourth-order valence-electron chi connectivity index (χ4n) is 3.88. The van der Waals surface area contributed by atoms with Gasteiger partial charge in [0.15, 0.2) is 6.04 Å². The lowest BCUT2D eigenvalue weighted by Crippen LogP contribution is -3.14. The molecule has 2 aliphatic heterocycles. The molecule has 2 aliphatic rings. The number of hydrogen-bond acceptors (Lipinski definition) is 2. The summed E-state index contributed by atoms with van der Waals surface area (Å²) in [6, 6.07) is 9.92. The second kappa shape index (κ2) is 7.13. The number of nitrogens with zero attached hydrogens (tertiary/aromatic N) is 1. The van der Waals surface area contributed by atoms with Crippen LogP contribution in [0.2, 0.25) is 0 Å². The summed E-state index contributed by atoms with van der Waals surface area (Å²) in [5.41, 5.74) is 6.52. The van der Waals surface area contributed by atoms with Gasteiger partial charge in [-0.3, -0.25) is 9.59 Å². The van der Waals surface area contributed by atoms with Crippen molar-refractivity contribution in [2.24, 2.45) is 11.7 Å². The van der Waals surface area contributed by atoms with Crippen molar-refractivity contribution in [3.63, 3.8) is 0 Å². The molecule has 0 unspecified atom stereocenters. The van der Waals surface area contributed by atoms with Crippen molar-refractivity contribution < 1.29 is 14.5 Å². The zero-order valence-electron chi connectivity index (χ0n) is 13.5. The molecule has 23 heavy (non-hydrogen) atoms. The van der Waals surface area contributed by atoms with Crippen molar-refractivity contribution in [1.82, 2.24) is 4.90 Å². The highest BCUT2D eigenvalue weighted by molar-refractivity contribution is 5.82. The van der Waals surface area contributed by atoms with E-state index in [0.717, 1.165) is 57.4 Å². The van der Waals surface area contributed by atoms with E-state index in [2.05, 4.69) is 0 Å². The van der Waals surface area contributed by atoms with Gasteiger partial charge in [-0.15, -0.1) is 0 Å². The Hall–Kier alpha value is -1.88. The topological polar surface area (TPSA) is 67.8 Å². The van der Waals surface area contributed by atoms with E-state index in [1.165, 1.54) is 4.90 Å². The van der Waals surface area contributed by atoms with Crippen molar-refractivity contribution in [1.29, 1.82) is 0 Å². The van der Waals surface area contributed by atoms with Gasteiger partial charge in [-0.25, -0.2) is 0 Å². The fourth-order valence-corrected chi connectivity index (χ4v) is 3.88. The summed E-state index contributed by atoms with van der Waals surface area (Å²) in [5.74, 6) is 0.00414. The van der Waals surface area contributed by atoms with Crippen LogP contribution in [0.4, 0.5) is 0 Å². The van der Waals surface area contributed by atoms with Crippen LogP contribution in [0.5, 0.6) is 0 Å². The van der Waals surface area contributed by atoms with E-state index < -0.39 is 0 Å². The zero-order chi connectivity index (χ0) is 16.2. The summed E-state index contributed by atoms with van der Waals surface area (Å²) in [4.78, 5) is 27.7. The molecule has 1 atom stereocenters. The molecule has 0 spiro atoms. The molecule has 0 aromatic heterocycles. The Morgan fingerprint density at radius 3 is 2.26 bits per heavy atom. The molecular weight excluding hydrogens is 290 g/mol. The molecule has 1 aromatic rings. The number of likely N-dealkylation sites (tertiary alicyclic amines) is 2. The Balaban J connectivity index is 1.78. The van der Waals surface area contributed by atoms with E-state index in [1.54, 1.807) is 0 Å². The van der Waals surface area contributed by atoms with E-state index in [9.17, 15) is 9.59 Å². The number of amides is 2. The maximum absolute atomic E-state index is 13.1. The minimum absolute atomic E-state index is 0.0305. The molecule has 0 radical (unpaired) electrons. The van der Waals surface area contributed by atoms with Crippen LogP contribution in [0.1, 0.15) is 37.3 Å². The lowest BCUT2D eigenvalue weighted by Gasteiger charge is -2.35. The van der Waals surface area contributed by atoms with Gasteiger partial charge >= 0.3 is 0 Å². The normalized spacial score (nSPS) is 26.0. The molecule has 0 saturated carbocycles. The molecule has 0 aliphatic carbocycles. The second-order valence-corrected chi connectivity index (χ2v) is 6.71. The molecule has 0 bridgehead atoms. The molecule has 2 fully saturated rings. The molecule has 3 N–H and O–H groups in total. The van der Waals surface area contributed by atoms with Crippen LogP contribution in [-0.2, 0) is 9.59 Å². The van der Waals surface area contributed by atoms with Crippen molar-refractivity contribution in [2.45, 2.75) is 31.7 Å². The van der Waals surface area contributed by atoms with Gasteiger partial charge in [0.1, 0.15) is 0 Å². The van der Waals surface area contributed by atoms with Crippen LogP contribution in [-0.4, -0.2) is 42.9 Å². The lowest BCUT2D eigenvalue weighted by atomic mass is 9.93. The Kier molecular flexibility index (Phi) is 4.96. The van der Waals surface area contributed by atoms with Crippen molar-refractivity contribution in [2.75, 3.05) is 26.2 Å². The molecule has 2 heterocycles. The molecule has 2 amide bonds. The Labute approximate surface area is 137 Å². The third-order valence-electron chi connectivity index (χ3n) is 5.24. The van der Waals surface area contributed by atoms with Gasteiger partial charge < -0.3 is 15.5 Å². The highest BCUT2D eigenvalue weighted by Gasteiger charge is 2.38. The van der Waals surface area contributed by atoms with E-state index in [0.29, 0.717) is 0 Å². The molecule has 124 valence electrons. The monoisotopic (exact) mass is 316 g/mol. The summed E-state index contributed by atoms with van der Waals surface area (Å²) in [6.07, 6.45) is 3.77. The van der Waals surface area contributed by atoms with Crippen LogP contribution in [0.25, 0.3) is 0 Å². The molecule has 2 saturated heterocycles. The Bertz CT molecular complexity index is 547. The zero-order valence-corrected chi connectivity index (χ0v) is 13.5. The number of piperidine rings is 1. The molecule has 3 rings (SSSR count). The number of hydrogen-bond donors (Lipinski definition) is 2. The van der Waals surface area contributed by atoms with Crippen LogP contribution in [0, 0.1) is 5.92 Å². The molecule has 1 aromatic carbocycles. The Morgan fingerprint density at radius 2 is 1.70 bits per heavy atom. The highest BCUT2D eigenvalue weighted by atomic mass is 16.2. The van der Waals surface area contributed by atoms with Crippen LogP contribution < -0.4 is 10.6 Å². The fraction of sp³-hybridized carbons (Fsp3) is 0.556. The number of carbonyl (C=O) groups is 2. The van der Waals surface area contributed by atoms with Gasteiger partial charge in [0, 0.05) is 37.4 Å². The van der Waals surface area contributed by atoms with E-state index >= 15 is 0 Å². The number of primary amides is 1. The summed E-state index contributed by atoms with van der Waals surface area (Å²) in [5, 5.41) is 0. The average molecular weight is 316 g/mol. The third kappa shape index (κ3) is 3.55. The first-order chi connectivity index (χ1) is 11.2. The Morgan fingerprint density at radius 1 is 1.09 bits per heavy atom. The van der Waals surface area contributed by atoms with Gasteiger partial charge in [0.2, 0.25) is 5.91 Å². The van der Waals surface area contributed by atoms with Gasteiger partial charge in [-0.05, 0) is 12.8 Å². The summed E-state index contributed by atoms with van der Waals surface area (Å²) in [7, 11) is 0. The predicted molar refractivity (Wildman–Crippen MR) is 87.6 cm³/mol. The molecular formula is C18H26N3O2+. The number of nitrogens with one attached hydrogen (secondary N) is 1. The summed E-state index contributed by atoms with van der Waals surface area (Å²) >= 11 is 0. The summed E-state index contributed by atoms with van der Waals surface area (Å²) < 4.78 is 0. The first kappa shape index (κ1) is 16.0. The lowest BCUT2D eigenvalue weighted by molar-refractivity contribution is -0.927. The van der Waals surface area contributed by atoms with E-state index in [1.807, 2.05) is 35.2 Å². The number of carbonyl (C=O) groups excluding carboxylic acids is 2. The standard InChI is InChI=1S/C18H25N3O2/c19-17(22)15-8-12-20(13-9-15)16(14-6-2-1-3-7-14)18(23)21-10-4-5-11-21/h1-3,6-7,15-16H,4-5,8-13H2,(H2,19,22)/p+1/t16-/m1/s1.